The first kappa shape index (κ1) is 13.5. The number of benzene rings is 1. The molecule has 2 N–H and O–H groups in total. The molecule has 0 bridgehead atoms. The van der Waals surface area contributed by atoms with Gasteiger partial charge in [-0.3, -0.25) is 0 Å². The molecule has 1 atom stereocenters. The highest BCUT2D eigenvalue weighted by Gasteiger charge is 2.09. The first-order valence-corrected chi connectivity index (χ1v) is 5.27. The van der Waals surface area contributed by atoms with Crippen LogP contribution in [-0.4, -0.2) is 42.5 Å². The van der Waals surface area contributed by atoms with Crippen molar-refractivity contribution in [3.8, 4) is 5.75 Å². The summed E-state index contributed by atoms with van der Waals surface area (Å²) in [5.74, 6) is 0.568. The molecule has 5 nitrogen and oxygen atoms in total. The smallest absolute Gasteiger partial charge is 0.128 e. The van der Waals surface area contributed by atoms with Crippen LogP contribution in [0.25, 0.3) is 0 Å². The predicted molar refractivity (Wildman–Crippen MR) is 63.8 cm³/mol. The second-order valence-corrected chi connectivity index (χ2v) is 3.60. The number of para-hydroxylation sites is 1. The van der Waals surface area contributed by atoms with Gasteiger partial charge in [0.05, 0.1) is 12.3 Å². The molecule has 0 amide bonds. The van der Waals surface area contributed by atoms with Gasteiger partial charge in [0, 0.05) is 12.7 Å². The zero-order valence-electron chi connectivity index (χ0n) is 9.96. The molecule has 0 radical (unpaired) electrons. The van der Waals surface area contributed by atoms with Crippen LogP contribution in [0, 0.1) is 0 Å². The summed E-state index contributed by atoms with van der Waals surface area (Å²) in [5.41, 5.74) is 1.15. The van der Waals surface area contributed by atoms with E-state index in [9.17, 15) is 5.11 Å². The topological polar surface area (TPSA) is 71.3 Å². The molecule has 0 saturated heterocycles. The van der Waals surface area contributed by atoms with Crippen LogP contribution in [0.2, 0.25) is 0 Å². The summed E-state index contributed by atoms with van der Waals surface area (Å²) >= 11 is 0. The van der Waals surface area contributed by atoms with Crippen molar-refractivity contribution < 1.29 is 19.8 Å². The van der Waals surface area contributed by atoms with Crippen LogP contribution in [0.5, 0.6) is 5.75 Å². The van der Waals surface area contributed by atoms with Gasteiger partial charge in [-0.25, -0.2) is 0 Å². The third kappa shape index (κ3) is 4.05. The minimum atomic E-state index is -0.681. The number of rotatable bonds is 6. The molecule has 17 heavy (non-hydrogen) atoms. The van der Waals surface area contributed by atoms with Crippen LogP contribution >= 0.6 is 0 Å². The summed E-state index contributed by atoms with van der Waals surface area (Å²) in [6, 6.07) is 7.17. The van der Waals surface area contributed by atoms with Crippen LogP contribution in [0.1, 0.15) is 12.5 Å². The second-order valence-electron chi connectivity index (χ2n) is 3.60. The minimum absolute atomic E-state index is 0.129. The maximum Gasteiger partial charge on any atom is 0.128 e. The first-order valence-electron chi connectivity index (χ1n) is 5.27. The second kappa shape index (κ2) is 6.88. The van der Waals surface area contributed by atoms with Gasteiger partial charge in [0.2, 0.25) is 0 Å². The van der Waals surface area contributed by atoms with Crippen molar-refractivity contribution in [1.29, 1.82) is 0 Å². The van der Waals surface area contributed by atoms with Crippen molar-refractivity contribution in [3.63, 3.8) is 0 Å². The van der Waals surface area contributed by atoms with Crippen molar-refractivity contribution in [1.82, 2.24) is 0 Å². The molecule has 1 rings (SSSR count). The average molecular weight is 239 g/mol. The fraction of sp³-hybridized carbons (Fsp3) is 0.417. The Morgan fingerprint density at radius 2 is 2.06 bits per heavy atom. The van der Waals surface area contributed by atoms with E-state index < -0.39 is 6.10 Å². The van der Waals surface area contributed by atoms with Gasteiger partial charge in [-0.2, -0.15) is 0 Å². The molecular formula is C12H17NO4. The lowest BCUT2D eigenvalue weighted by molar-refractivity contribution is 0.0325. The zero-order valence-corrected chi connectivity index (χ0v) is 9.96. The number of aliphatic hydroxyl groups is 1. The number of ether oxygens (including phenoxy) is 2. The van der Waals surface area contributed by atoms with Crippen LogP contribution in [0.15, 0.2) is 29.4 Å². The van der Waals surface area contributed by atoms with Crippen LogP contribution in [0.3, 0.4) is 0 Å². The van der Waals surface area contributed by atoms with Crippen LogP contribution in [-0.2, 0) is 4.74 Å². The van der Waals surface area contributed by atoms with E-state index in [0.717, 1.165) is 0 Å². The number of methoxy groups -OCH3 is 1. The Morgan fingerprint density at radius 3 is 2.71 bits per heavy atom. The van der Waals surface area contributed by atoms with Gasteiger partial charge in [0.25, 0.3) is 0 Å². The molecule has 1 aromatic rings. The fourth-order valence-electron chi connectivity index (χ4n) is 1.37. The standard InChI is InChI=1S/C12H17NO4/c1-9(13-15)11-5-3-4-6-12(11)17-8-10(14)7-16-2/h3-6,10,14-15H,7-8H2,1-2H3. The van der Waals surface area contributed by atoms with Crippen molar-refractivity contribution in [3.05, 3.63) is 29.8 Å². The van der Waals surface area contributed by atoms with Crippen molar-refractivity contribution in [2.75, 3.05) is 20.3 Å². The summed E-state index contributed by atoms with van der Waals surface area (Å²) in [7, 11) is 1.51. The number of aliphatic hydroxyl groups excluding tert-OH is 1. The lowest BCUT2D eigenvalue weighted by Gasteiger charge is -2.13. The SMILES string of the molecule is COCC(O)COc1ccccc1C(C)=NO. The van der Waals surface area contributed by atoms with Gasteiger partial charge >= 0.3 is 0 Å². The molecule has 0 aliphatic heterocycles. The van der Waals surface area contributed by atoms with Crippen molar-refractivity contribution in [2.45, 2.75) is 13.0 Å². The normalized spacial score (nSPS) is 13.5. The van der Waals surface area contributed by atoms with Crippen LogP contribution in [0.4, 0.5) is 0 Å². The van der Waals surface area contributed by atoms with Gasteiger partial charge in [-0.1, -0.05) is 17.3 Å². The first-order chi connectivity index (χ1) is 8.19. The third-order valence-electron chi connectivity index (χ3n) is 2.22. The summed E-state index contributed by atoms with van der Waals surface area (Å²) in [6.07, 6.45) is -0.681. The molecule has 94 valence electrons. The van der Waals surface area contributed by atoms with E-state index in [-0.39, 0.29) is 13.2 Å². The van der Waals surface area contributed by atoms with Gasteiger partial charge < -0.3 is 19.8 Å². The number of oxime groups is 1. The monoisotopic (exact) mass is 239 g/mol. The van der Waals surface area contributed by atoms with Crippen LogP contribution < -0.4 is 4.74 Å². The quantitative estimate of drug-likeness (QED) is 0.445. The molecule has 0 aliphatic carbocycles. The summed E-state index contributed by atoms with van der Waals surface area (Å²) in [4.78, 5) is 0. The molecule has 0 fully saturated rings. The average Bonchev–Trinajstić information content (AvgIpc) is 2.36. The molecular weight excluding hydrogens is 222 g/mol. The Hall–Kier alpha value is -1.59. The van der Waals surface area contributed by atoms with E-state index in [4.69, 9.17) is 14.7 Å². The Balaban J connectivity index is 2.71. The van der Waals surface area contributed by atoms with E-state index in [1.807, 2.05) is 12.1 Å². The molecule has 0 aliphatic rings. The molecule has 1 aromatic carbocycles. The summed E-state index contributed by atoms with van der Waals surface area (Å²) in [6.45, 7) is 2.02. The van der Waals surface area contributed by atoms with E-state index in [1.165, 1.54) is 7.11 Å². The van der Waals surface area contributed by atoms with Gasteiger partial charge in [-0.05, 0) is 19.1 Å². The van der Waals surface area contributed by atoms with Gasteiger partial charge in [-0.15, -0.1) is 0 Å². The minimum Gasteiger partial charge on any atom is -0.490 e. The highest BCUT2D eigenvalue weighted by Crippen LogP contribution is 2.18. The number of hydrogen-bond acceptors (Lipinski definition) is 5. The molecule has 0 heterocycles. The molecule has 0 spiro atoms. The molecule has 5 heteroatoms. The highest BCUT2D eigenvalue weighted by molar-refractivity contribution is 6.00. The van der Waals surface area contributed by atoms with Crippen molar-refractivity contribution >= 4 is 5.71 Å². The zero-order chi connectivity index (χ0) is 12.7. The van der Waals surface area contributed by atoms with E-state index in [2.05, 4.69) is 5.16 Å². The largest absolute Gasteiger partial charge is 0.490 e. The molecule has 0 saturated carbocycles. The fourth-order valence-corrected chi connectivity index (χ4v) is 1.37. The Kier molecular flexibility index (Phi) is 5.45. The lowest BCUT2D eigenvalue weighted by Crippen LogP contribution is -2.23. The summed E-state index contributed by atoms with van der Waals surface area (Å²) in [5, 5.41) is 21.3. The van der Waals surface area contributed by atoms with Crippen molar-refractivity contribution in [2.24, 2.45) is 5.16 Å². The van der Waals surface area contributed by atoms with E-state index in [1.54, 1.807) is 19.1 Å². The Morgan fingerprint density at radius 1 is 1.35 bits per heavy atom. The lowest BCUT2D eigenvalue weighted by atomic mass is 10.1. The Bertz CT molecular complexity index is 379. The Labute approximate surface area is 100 Å². The molecule has 1 unspecified atom stereocenters. The van der Waals surface area contributed by atoms with E-state index >= 15 is 0 Å². The number of hydrogen-bond donors (Lipinski definition) is 2. The van der Waals surface area contributed by atoms with Gasteiger partial charge in [0.15, 0.2) is 0 Å². The van der Waals surface area contributed by atoms with Gasteiger partial charge in [0.1, 0.15) is 18.5 Å². The number of nitrogens with zero attached hydrogens (tertiary/aromatic N) is 1. The maximum absolute atomic E-state index is 9.47. The maximum atomic E-state index is 9.47. The predicted octanol–water partition coefficient (Wildman–Crippen LogP) is 1.27. The third-order valence-corrected chi connectivity index (χ3v) is 2.22. The summed E-state index contributed by atoms with van der Waals surface area (Å²) < 4.78 is 10.2. The van der Waals surface area contributed by atoms with E-state index in [0.29, 0.717) is 17.0 Å². The highest BCUT2D eigenvalue weighted by atomic mass is 16.5. The molecule has 0 aromatic heterocycles.